The normalized spacial score (nSPS) is 10.2. The van der Waals surface area contributed by atoms with Crippen LogP contribution in [0.2, 0.25) is 0 Å². The summed E-state index contributed by atoms with van der Waals surface area (Å²) in [6, 6.07) is 8.02. The summed E-state index contributed by atoms with van der Waals surface area (Å²) in [4.78, 5) is 15.5. The molecule has 0 spiro atoms. The molecule has 92 valence electrons. The largest absolute Gasteiger partial charge is 0.321 e. The maximum absolute atomic E-state index is 12.7. The number of benzene rings is 1. The number of hydrogen-bond donors (Lipinski definition) is 1. The number of anilines is 1. The first-order chi connectivity index (χ1) is 8.56. The van der Waals surface area contributed by atoms with Gasteiger partial charge in [-0.2, -0.15) is 0 Å². The lowest BCUT2D eigenvalue weighted by molar-refractivity contribution is 0.102. The monoisotopic (exact) mass is 308 g/mol. The van der Waals surface area contributed by atoms with Gasteiger partial charge in [-0.25, -0.2) is 9.37 Å². The number of hydrogen-bond acceptors (Lipinski definition) is 2. The first kappa shape index (κ1) is 12.7. The first-order valence-corrected chi connectivity index (χ1v) is 6.04. The Hall–Kier alpha value is -1.75. The fourth-order valence-corrected chi connectivity index (χ4v) is 1.75. The van der Waals surface area contributed by atoms with Crippen LogP contribution in [0.25, 0.3) is 0 Å². The van der Waals surface area contributed by atoms with Crippen LogP contribution in [0.5, 0.6) is 0 Å². The van der Waals surface area contributed by atoms with Crippen molar-refractivity contribution < 1.29 is 9.18 Å². The van der Waals surface area contributed by atoms with Crippen LogP contribution in [0.1, 0.15) is 16.1 Å². The number of rotatable bonds is 2. The Labute approximate surface area is 112 Å². The number of nitrogens with zero attached hydrogens (tertiary/aromatic N) is 1. The van der Waals surface area contributed by atoms with Crippen molar-refractivity contribution in [2.45, 2.75) is 6.92 Å². The highest BCUT2D eigenvalue weighted by Gasteiger charge is 2.08. The molecule has 1 amide bonds. The van der Waals surface area contributed by atoms with Gasteiger partial charge in [-0.05, 0) is 36.8 Å². The lowest BCUT2D eigenvalue weighted by Crippen LogP contribution is -2.13. The van der Waals surface area contributed by atoms with Crippen LogP contribution in [-0.2, 0) is 0 Å². The van der Waals surface area contributed by atoms with Crippen molar-refractivity contribution in [3.05, 3.63) is 58.1 Å². The van der Waals surface area contributed by atoms with E-state index in [4.69, 9.17) is 0 Å². The number of amides is 1. The van der Waals surface area contributed by atoms with Crippen molar-refractivity contribution >= 4 is 27.5 Å². The molecule has 0 atom stereocenters. The van der Waals surface area contributed by atoms with Gasteiger partial charge < -0.3 is 5.32 Å². The highest BCUT2D eigenvalue weighted by molar-refractivity contribution is 9.10. The molecule has 0 bridgehead atoms. The molecule has 0 aliphatic carbocycles. The summed E-state index contributed by atoms with van der Waals surface area (Å²) in [6.07, 6.45) is 1.01. The van der Waals surface area contributed by atoms with E-state index in [2.05, 4.69) is 26.2 Å². The summed E-state index contributed by atoms with van der Waals surface area (Å²) in [5, 5.41) is 2.69. The van der Waals surface area contributed by atoms with E-state index in [-0.39, 0.29) is 11.6 Å². The zero-order valence-corrected chi connectivity index (χ0v) is 11.2. The van der Waals surface area contributed by atoms with E-state index in [9.17, 15) is 9.18 Å². The number of nitrogens with one attached hydrogen (secondary N) is 1. The Balaban J connectivity index is 2.16. The van der Waals surface area contributed by atoms with Gasteiger partial charge in [0.2, 0.25) is 0 Å². The number of aryl methyl sites for hydroxylation is 1. The van der Waals surface area contributed by atoms with Crippen LogP contribution in [0.4, 0.5) is 10.1 Å². The second kappa shape index (κ2) is 5.27. The van der Waals surface area contributed by atoms with Crippen molar-refractivity contribution in [3.63, 3.8) is 0 Å². The quantitative estimate of drug-likeness (QED) is 0.922. The molecule has 2 aromatic rings. The van der Waals surface area contributed by atoms with Crippen LogP contribution in [-0.4, -0.2) is 10.9 Å². The average molecular weight is 309 g/mol. The van der Waals surface area contributed by atoms with Gasteiger partial charge in [0.25, 0.3) is 5.91 Å². The van der Waals surface area contributed by atoms with Gasteiger partial charge in [-0.3, -0.25) is 4.79 Å². The van der Waals surface area contributed by atoms with Gasteiger partial charge in [0.1, 0.15) is 11.5 Å². The fourth-order valence-electron chi connectivity index (χ4n) is 1.38. The van der Waals surface area contributed by atoms with Gasteiger partial charge >= 0.3 is 0 Å². The fraction of sp³-hybridized carbons (Fsp3) is 0.0769. The molecule has 2 rings (SSSR count). The molecule has 0 radical (unpaired) electrons. The Morgan fingerprint density at radius 1 is 1.33 bits per heavy atom. The first-order valence-electron chi connectivity index (χ1n) is 5.25. The number of aromatic nitrogens is 1. The number of halogens is 2. The van der Waals surface area contributed by atoms with Crippen LogP contribution >= 0.6 is 15.9 Å². The summed E-state index contributed by atoms with van der Waals surface area (Å²) in [7, 11) is 0. The molecule has 1 aromatic carbocycles. The van der Waals surface area contributed by atoms with Crippen molar-refractivity contribution in [1.82, 2.24) is 4.98 Å². The number of carbonyl (C=O) groups excluding carboxylic acids is 1. The van der Waals surface area contributed by atoms with Crippen LogP contribution in [0, 0.1) is 12.7 Å². The minimum Gasteiger partial charge on any atom is -0.321 e. The van der Waals surface area contributed by atoms with Crippen LogP contribution in [0.3, 0.4) is 0 Å². The zero-order chi connectivity index (χ0) is 13.1. The molecule has 18 heavy (non-hydrogen) atoms. The van der Waals surface area contributed by atoms with Crippen molar-refractivity contribution in [1.29, 1.82) is 0 Å². The Kier molecular flexibility index (Phi) is 3.72. The summed E-state index contributed by atoms with van der Waals surface area (Å²) < 4.78 is 13.6. The molecule has 0 unspecified atom stereocenters. The predicted molar refractivity (Wildman–Crippen MR) is 71.0 cm³/mol. The van der Waals surface area contributed by atoms with Gasteiger partial charge in [-0.1, -0.05) is 22.0 Å². The predicted octanol–water partition coefficient (Wildman–Crippen LogP) is 3.54. The minimum absolute atomic E-state index is 0.174. The average Bonchev–Trinajstić information content (AvgIpc) is 2.34. The standard InChI is InChI=1S/C13H10BrFN2O/c1-8-2-4-10(6-11(8)14)17-13(18)12-5-3-9(15)7-16-12/h2-7H,1H3,(H,17,18). The molecule has 5 heteroatoms. The third-order valence-electron chi connectivity index (χ3n) is 2.39. The van der Waals surface area contributed by atoms with E-state index in [1.165, 1.54) is 12.1 Å². The van der Waals surface area contributed by atoms with E-state index in [1.807, 2.05) is 13.0 Å². The van der Waals surface area contributed by atoms with Gasteiger partial charge in [0.05, 0.1) is 6.20 Å². The van der Waals surface area contributed by atoms with E-state index >= 15 is 0 Å². The molecule has 0 aliphatic heterocycles. The second-order valence-corrected chi connectivity index (χ2v) is 4.63. The molecule has 1 aromatic heterocycles. The van der Waals surface area contributed by atoms with Crippen LogP contribution in [0.15, 0.2) is 41.0 Å². The maximum Gasteiger partial charge on any atom is 0.274 e. The SMILES string of the molecule is Cc1ccc(NC(=O)c2ccc(F)cn2)cc1Br. The molecule has 3 nitrogen and oxygen atoms in total. The molecule has 0 saturated heterocycles. The number of carbonyl (C=O) groups is 1. The summed E-state index contributed by atoms with van der Waals surface area (Å²) in [6.45, 7) is 1.96. The summed E-state index contributed by atoms with van der Waals surface area (Å²) >= 11 is 3.39. The van der Waals surface area contributed by atoms with E-state index < -0.39 is 5.82 Å². The molecule has 0 aliphatic rings. The molecule has 1 N–H and O–H groups in total. The Morgan fingerprint density at radius 3 is 2.72 bits per heavy atom. The molecule has 0 fully saturated rings. The molecule has 0 saturated carbocycles. The van der Waals surface area contributed by atoms with E-state index in [1.54, 1.807) is 12.1 Å². The summed E-state index contributed by atoms with van der Waals surface area (Å²) in [5.41, 5.74) is 1.91. The number of pyridine rings is 1. The minimum atomic E-state index is -0.468. The maximum atomic E-state index is 12.7. The highest BCUT2D eigenvalue weighted by atomic mass is 79.9. The third-order valence-corrected chi connectivity index (χ3v) is 3.24. The molecular formula is C13H10BrFN2O. The Morgan fingerprint density at radius 2 is 2.11 bits per heavy atom. The molecule has 1 heterocycles. The zero-order valence-electron chi connectivity index (χ0n) is 9.58. The van der Waals surface area contributed by atoms with Crippen molar-refractivity contribution in [2.24, 2.45) is 0 Å². The lowest BCUT2D eigenvalue weighted by Gasteiger charge is -2.06. The highest BCUT2D eigenvalue weighted by Crippen LogP contribution is 2.20. The van der Waals surface area contributed by atoms with Gasteiger partial charge in [0, 0.05) is 10.2 Å². The summed E-state index contributed by atoms with van der Waals surface area (Å²) in [5.74, 6) is -0.838. The smallest absolute Gasteiger partial charge is 0.274 e. The molecular weight excluding hydrogens is 299 g/mol. The van der Waals surface area contributed by atoms with Crippen LogP contribution < -0.4 is 5.32 Å². The Bertz CT molecular complexity index is 584. The topological polar surface area (TPSA) is 42.0 Å². The van der Waals surface area contributed by atoms with E-state index in [0.29, 0.717) is 5.69 Å². The third kappa shape index (κ3) is 2.92. The van der Waals surface area contributed by atoms with Gasteiger partial charge in [0.15, 0.2) is 0 Å². The lowest BCUT2D eigenvalue weighted by atomic mass is 10.2. The van der Waals surface area contributed by atoms with Crippen molar-refractivity contribution in [2.75, 3.05) is 5.32 Å². The van der Waals surface area contributed by atoms with Gasteiger partial charge in [-0.15, -0.1) is 0 Å². The second-order valence-electron chi connectivity index (χ2n) is 3.78. The van der Waals surface area contributed by atoms with E-state index in [0.717, 1.165) is 16.2 Å². The van der Waals surface area contributed by atoms with Crippen molar-refractivity contribution in [3.8, 4) is 0 Å².